The molecule has 0 N–H and O–H groups in total. The molecule has 0 saturated heterocycles. The van der Waals surface area contributed by atoms with Crippen molar-refractivity contribution < 1.29 is 23.7 Å². The highest BCUT2D eigenvalue weighted by Crippen LogP contribution is 2.38. The number of aromatic nitrogens is 1. The van der Waals surface area contributed by atoms with Crippen molar-refractivity contribution in [3.8, 4) is 17.2 Å². The molecule has 1 atom stereocenters. The van der Waals surface area contributed by atoms with Crippen LogP contribution in [0.1, 0.15) is 50.4 Å². The molecule has 5 aromatic rings. The van der Waals surface area contributed by atoms with Gasteiger partial charge >= 0.3 is 5.97 Å². The van der Waals surface area contributed by atoms with Crippen LogP contribution in [0.4, 0.5) is 0 Å². The number of allylic oxidation sites excluding steroid dienone is 1. The number of esters is 1. The molecule has 1 aliphatic rings. The molecule has 1 aromatic heterocycles. The highest BCUT2D eigenvalue weighted by molar-refractivity contribution is 9.11. The van der Waals surface area contributed by atoms with Crippen molar-refractivity contribution in [2.75, 3.05) is 13.7 Å². The summed E-state index contributed by atoms with van der Waals surface area (Å²) in [5, 5.41) is 2.33. The molecule has 4 aromatic carbocycles. The maximum atomic E-state index is 14.2. The third-order valence-electron chi connectivity index (χ3n) is 7.90. The number of rotatable bonds is 10. The van der Waals surface area contributed by atoms with Gasteiger partial charge in [0.25, 0.3) is 5.56 Å². The van der Waals surface area contributed by atoms with Crippen LogP contribution in [-0.4, -0.2) is 30.4 Å². The minimum absolute atomic E-state index is 0.0695. The van der Waals surface area contributed by atoms with Crippen LogP contribution in [0.25, 0.3) is 16.8 Å². The van der Waals surface area contributed by atoms with Crippen LogP contribution in [0.15, 0.2) is 103 Å². The van der Waals surface area contributed by atoms with Gasteiger partial charge in [-0.25, -0.2) is 9.79 Å². The Morgan fingerprint density at radius 1 is 1.00 bits per heavy atom. The van der Waals surface area contributed by atoms with Gasteiger partial charge in [-0.3, -0.25) is 9.36 Å². The highest BCUT2D eigenvalue weighted by Gasteiger charge is 2.34. The zero-order valence-electron chi connectivity index (χ0n) is 27.6. The summed E-state index contributed by atoms with van der Waals surface area (Å²) >= 11 is 8.59. The molecule has 6 rings (SSSR count). The summed E-state index contributed by atoms with van der Waals surface area (Å²) in [4.78, 5) is 32.7. The minimum Gasteiger partial charge on any atom is -0.493 e. The van der Waals surface area contributed by atoms with Crippen molar-refractivity contribution in [2.45, 2.75) is 46.4 Å². The summed E-state index contributed by atoms with van der Waals surface area (Å²) in [5.74, 6) is 1.17. The summed E-state index contributed by atoms with van der Waals surface area (Å²) in [6, 6.07) is 22.9. The Hall–Kier alpha value is -4.19. The average molecular weight is 807 g/mol. The minimum atomic E-state index is -0.788. The SMILES string of the molecule is CCOC(=O)C1=C(C)N=c2s/c(=C\c3cc(Br)c(OCc4ccc5ccccc5c4)c(Br)c3)c(=O)n2[C@H]1c1ccc(OC(C)C)c(OC)c1. The lowest BCUT2D eigenvalue weighted by Gasteiger charge is -2.25. The maximum Gasteiger partial charge on any atom is 0.338 e. The van der Waals surface area contributed by atoms with E-state index in [0.29, 0.717) is 50.0 Å². The third kappa shape index (κ3) is 7.25. The van der Waals surface area contributed by atoms with Gasteiger partial charge in [0, 0.05) is 0 Å². The van der Waals surface area contributed by atoms with E-state index in [4.69, 9.17) is 23.9 Å². The molecular formula is C38H34Br2N2O6S. The lowest BCUT2D eigenvalue weighted by Crippen LogP contribution is -2.40. The molecule has 0 aliphatic carbocycles. The van der Waals surface area contributed by atoms with Gasteiger partial charge in [-0.05, 0) is 123 Å². The van der Waals surface area contributed by atoms with Crippen LogP contribution in [0.5, 0.6) is 17.2 Å². The number of nitrogens with zero attached hydrogens (tertiary/aromatic N) is 2. The van der Waals surface area contributed by atoms with Crippen molar-refractivity contribution in [1.82, 2.24) is 4.57 Å². The van der Waals surface area contributed by atoms with Gasteiger partial charge in [0.2, 0.25) is 0 Å². The molecule has 0 radical (unpaired) electrons. The van der Waals surface area contributed by atoms with Gasteiger partial charge in [0.15, 0.2) is 16.3 Å². The number of halogens is 2. The molecule has 252 valence electrons. The van der Waals surface area contributed by atoms with Crippen LogP contribution in [0.2, 0.25) is 0 Å². The Labute approximate surface area is 304 Å². The normalized spacial score (nSPS) is 14.5. The van der Waals surface area contributed by atoms with Crippen molar-refractivity contribution in [2.24, 2.45) is 4.99 Å². The van der Waals surface area contributed by atoms with E-state index >= 15 is 0 Å². The van der Waals surface area contributed by atoms with E-state index in [2.05, 4.69) is 62.2 Å². The van der Waals surface area contributed by atoms with Gasteiger partial charge < -0.3 is 18.9 Å². The number of ether oxygens (including phenoxy) is 4. The number of methoxy groups -OCH3 is 1. The fourth-order valence-electron chi connectivity index (χ4n) is 5.75. The number of thiazole rings is 1. The summed E-state index contributed by atoms with van der Waals surface area (Å²) in [6.45, 7) is 7.93. The second kappa shape index (κ2) is 14.7. The first-order chi connectivity index (χ1) is 23.6. The Bertz CT molecular complexity index is 2270. The Kier molecular flexibility index (Phi) is 10.4. The molecule has 11 heteroatoms. The molecule has 1 aliphatic heterocycles. The molecule has 0 fully saturated rings. The van der Waals surface area contributed by atoms with Crippen LogP contribution < -0.4 is 29.1 Å². The van der Waals surface area contributed by atoms with E-state index in [1.54, 1.807) is 37.7 Å². The lowest BCUT2D eigenvalue weighted by atomic mass is 9.95. The first kappa shape index (κ1) is 34.7. The summed E-state index contributed by atoms with van der Waals surface area (Å²) in [6.07, 6.45) is 1.74. The fraction of sp³-hybridized carbons (Fsp3) is 0.237. The zero-order chi connectivity index (χ0) is 34.8. The van der Waals surface area contributed by atoms with Crippen LogP contribution in [0, 0.1) is 0 Å². The van der Waals surface area contributed by atoms with E-state index in [0.717, 1.165) is 25.5 Å². The number of fused-ring (bicyclic) bond motifs is 2. The third-order valence-corrected chi connectivity index (χ3v) is 10.1. The Balaban J connectivity index is 1.37. The van der Waals surface area contributed by atoms with Gasteiger partial charge in [-0.2, -0.15) is 0 Å². The Morgan fingerprint density at radius 3 is 2.43 bits per heavy atom. The molecular weight excluding hydrogens is 772 g/mol. The van der Waals surface area contributed by atoms with E-state index in [9.17, 15) is 9.59 Å². The molecule has 0 bridgehead atoms. The van der Waals surface area contributed by atoms with E-state index in [1.807, 2.05) is 50.3 Å². The second-order valence-electron chi connectivity index (χ2n) is 11.7. The molecule has 0 amide bonds. The summed E-state index contributed by atoms with van der Waals surface area (Å²) < 4.78 is 26.7. The van der Waals surface area contributed by atoms with E-state index < -0.39 is 12.0 Å². The topological polar surface area (TPSA) is 88.4 Å². The average Bonchev–Trinajstić information content (AvgIpc) is 3.37. The van der Waals surface area contributed by atoms with E-state index in [1.165, 1.54) is 16.7 Å². The number of benzene rings is 4. The molecule has 8 nitrogen and oxygen atoms in total. The predicted octanol–water partition coefficient (Wildman–Crippen LogP) is 7.85. The number of hydrogen-bond donors (Lipinski definition) is 0. The van der Waals surface area contributed by atoms with Gasteiger partial charge in [0.05, 0.1) is 50.6 Å². The quantitative estimate of drug-likeness (QED) is 0.134. The first-order valence-corrected chi connectivity index (χ1v) is 18.1. The van der Waals surface area contributed by atoms with Crippen LogP contribution >= 0.6 is 43.2 Å². The number of hydrogen-bond acceptors (Lipinski definition) is 8. The predicted molar refractivity (Wildman–Crippen MR) is 199 cm³/mol. The van der Waals surface area contributed by atoms with Crippen LogP contribution in [-0.2, 0) is 16.1 Å². The smallest absolute Gasteiger partial charge is 0.338 e. The van der Waals surface area contributed by atoms with Crippen molar-refractivity contribution in [3.05, 3.63) is 129 Å². The molecule has 2 heterocycles. The van der Waals surface area contributed by atoms with Crippen molar-refractivity contribution >= 4 is 66.0 Å². The molecule has 0 spiro atoms. The molecule has 49 heavy (non-hydrogen) atoms. The summed E-state index contributed by atoms with van der Waals surface area (Å²) in [5.41, 5.74) is 2.98. The fourth-order valence-corrected chi connectivity index (χ4v) is 8.25. The van der Waals surface area contributed by atoms with Gasteiger partial charge in [-0.15, -0.1) is 0 Å². The van der Waals surface area contributed by atoms with Crippen LogP contribution in [0.3, 0.4) is 0 Å². The van der Waals surface area contributed by atoms with Gasteiger partial charge in [-0.1, -0.05) is 53.8 Å². The standard InChI is InChI=1S/C38H34Br2N2O6S/c1-6-46-37(44)33-22(4)41-38-42(34(33)27-13-14-30(48-21(2)3)31(19-27)45-5)36(43)32(49-38)18-24-16-28(39)35(29(40)17-24)47-20-23-11-12-25-9-7-8-10-26(25)15-23/h7-19,21,34H,6,20H2,1-5H3/b32-18-/t34-/m0/s1. The second-order valence-corrected chi connectivity index (χ2v) is 14.4. The lowest BCUT2D eigenvalue weighted by molar-refractivity contribution is -0.139. The van der Waals surface area contributed by atoms with Crippen molar-refractivity contribution in [1.29, 1.82) is 0 Å². The summed E-state index contributed by atoms with van der Waals surface area (Å²) in [7, 11) is 1.56. The first-order valence-electron chi connectivity index (χ1n) is 15.7. The zero-order valence-corrected chi connectivity index (χ0v) is 31.6. The molecule has 0 unspecified atom stereocenters. The van der Waals surface area contributed by atoms with E-state index in [-0.39, 0.29) is 18.3 Å². The maximum absolute atomic E-state index is 14.2. The largest absolute Gasteiger partial charge is 0.493 e. The number of carbonyl (C=O) groups is 1. The Morgan fingerprint density at radius 2 is 1.73 bits per heavy atom. The molecule has 0 saturated carbocycles. The van der Waals surface area contributed by atoms with Crippen molar-refractivity contribution in [3.63, 3.8) is 0 Å². The number of carbonyl (C=O) groups excluding carboxylic acids is 1. The highest BCUT2D eigenvalue weighted by atomic mass is 79.9. The monoisotopic (exact) mass is 804 g/mol. The van der Waals surface area contributed by atoms with Gasteiger partial charge in [0.1, 0.15) is 12.4 Å².